The van der Waals surface area contributed by atoms with Gasteiger partial charge < -0.3 is 21.5 Å². The van der Waals surface area contributed by atoms with Gasteiger partial charge in [-0.2, -0.15) is 0 Å². The largest absolute Gasteiger partial charge is 0.480 e. The van der Waals surface area contributed by atoms with Gasteiger partial charge in [-0.25, -0.2) is 9.59 Å². The van der Waals surface area contributed by atoms with Crippen molar-refractivity contribution in [2.45, 2.75) is 37.8 Å². The number of fused-ring (bicyclic) bond motifs is 1. The Morgan fingerprint density at radius 3 is 2.90 bits per heavy atom. The minimum atomic E-state index is -1.31. The van der Waals surface area contributed by atoms with Gasteiger partial charge in [-0.1, -0.05) is 0 Å². The number of amides is 3. The molecule has 114 valence electrons. The molecule has 0 saturated heterocycles. The fourth-order valence-corrected chi connectivity index (χ4v) is 3.38. The zero-order chi connectivity index (χ0) is 15.4. The zero-order valence-electron chi connectivity index (χ0n) is 11.3. The second kappa shape index (κ2) is 6.57. The zero-order valence-corrected chi connectivity index (χ0v) is 12.1. The van der Waals surface area contributed by atoms with Gasteiger partial charge in [0, 0.05) is 4.88 Å². The highest BCUT2D eigenvalue weighted by molar-refractivity contribution is 7.10. The first kappa shape index (κ1) is 15.3. The molecule has 8 heteroatoms. The Bertz CT molecular complexity index is 557. The van der Waals surface area contributed by atoms with Gasteiger partial charge in [-0.3, -0.25) is 4.79 Å². The van der Waals surface area contributed by atoms with Crippen LogP contribution in [-0.2, 0) is 16.0 Å². The van der Waals surface area contributed by atoms with E-state index in [1.54, 1.807) is 11.3 Å². The predicted molar refractivity (Wildman–Crippen MR) is 76.9 cm³/mol. The molecule has 21 heavy (non-hydrogen) atoms. The molecule has 3 amide bonds. The number of aryl methyl sites for hydroxylation is 1. The Morgan fingerprint density at radius 2 is 2.24 bits per heavy atom. The molecular formula is C13H17N3O4S. The molecule has 7 nitrogen and oxygen atoms in total. The number of hydrogen-bond donors (Lipinski definition) is 4. The van der Waals surface area contributed by atoms with Crippen molar-refractivity contribution in [2.24, 2.45) is 5.73 Å². The molecule has 2 atom stereocenters. The topological polar surface area (TPSA) is 122 Å². The van der Waals surface area contributed by atoms with E-state index >= 15 is 0 Å². The van der Waals surface area contributed by atoms with Crippen LogP contribution in [0.4, 0.5) is 4.79 Å². The molecule has 2 unspecified atom stereocenters. The van der Waals surface area contributed by atoms with Gasteiger partial charge in [0.15, 0.2) is 0 Å². The number of aliphatic carboxylic acids is 1. The Kier molecular flexibility index (Phi) is 4.79. The number of carbonyl (C=O) groups is 3. The number of carboxylic acid groups (broad SMARTS) is 1. The first-order valence-electron chi connectivity index (χ1n) is 6.61. The molecule has 2 rings (SSSR count). The van der Waals surface area contributed by atoms with Crippen LogP contribution < -0.4 is 16.4 Å². The molecule has 0 bridgehead atoms. The van der Waals surface area contributed by atoms with Crippen LogP contribution in [-0.4, -0.2) is 29.1 Å². The van der Waals surface area contributed by atoms with Crippen molar-refractivity contribution >= 4 is 29.2 Å². The molecule has 0 fully saturated rings. The minimum Gasteiger partial charge on any atom is -0.480 e. The summed E-state index contributed by atoms with van der Waals surface area (Å²) in [6.07, 6.45) is 2.36. The standard InChI is InChI=1S/C13H17N3O4S/c14-11(17)6-9(12(18)19)16-13(20)15-8-2-1-3-10-7(8)4-5-21-10/h4-5,8-9H,1-3,6H2,(H2,14,17)(H,18,19)(H2,15,16,20). The SMILES string of the molecule is NC(=O)CC(NC(=O)NC1CCCc2sccc21)C(=O)O. The maximum Gasteiger partial charge on any atom is 0.326 e. The third-order valence-electron chi connectivity index (χ3n) is 3.37. The summed E-state index contributed by atoms with van der Waals surface area (Å²) in [4.78, 5) is 34.9. The monoisotopic (exact) mass is 311 g/mol. The van der Waals surface area contributed by atoms with Gasteiger partial charge in [0.1, 0.15) is 6.04 Å². The average Bonchev–Trinajstić information content (AvgIpc) is 2.86. The fourth-order valence-electron chi connectivity index (χ4n) is 2.40. The molecule has 0 saturated carbocycles. The summed E-state index contributed by atoms with van der Waals surface area (Å²) in [6, 6.07) is -0.0638. The van der Waals surface area contributed by atoms with Gasteiger partial charge in [0.05, 0.1) is 12.5 Å². The summed E-state index contributed by atoms with van der Waals surface area (Å²) in [6.45, 7) is 0. The molecule has 1 aromatic rings. The van der Waals surface area contributed by atoms with Crippen LogP contribution in [0.3, 0.4) is 0 Å². The predicted octanol–water partition coefficient (Wildman–Crippen LogP) is 0.753. The van der Waals surface area contributed by atoms with Gasteiger partial charge >= 0.3 is 12.0 Å². The van der Waals surface area contributed by atoms with E-state index in [1.807, 2.05) is 11.4 Å². The summed E-state index contributed by atoms with van der Waals surface area (Å²) >= 11 is 1.66. The van der Waals surface area contributed by atoms with E-state index in [1.165, 1.54) is 4.88 Å². The number of thiophene rings is 1. The van der Waals surface area contributed by atoms with Crippen molar-refractivity contribution in [3.8, 4) is 0 Å². The van der Waals surface area contributed by atoms with Crippen molar-refractivity contribution < 1.29 is 19.5 Å². The van der Waals surface area contributed by atoms with Gasteiger partial charge in [-0.05, 0) is 36.3 Å². The number of carbonyl (C=O) groups excluding carboxylic acids is 2. The number of hydrogen-bond acceptors (Lipinski definition) is 4. The molecule has 0 aliphatic heterocycles. The highest BCUT2D eigenvalue weighted by Crippen LogP contribution is 2.33. The number of rotatable bonds is 5. The van der Waals surface area contributed by atoms with Gasteiger partial charge in [0.2, 0.25) is 5.91 Å². The van der Waals surface area contributed by atoms with E-state index in [9.17, 15) is 14.4 Å². The average molecular weight is 311 g/mol. The molecule has 1 aliphatic rings. The van der Waals surface area contributed by atoms with Crippen molar-refractivity contribution in [1.29, 1.82) is 0 Å². The van der Waals surface area contributed by atoms with E-state index < -0.39 is 30.4 Å². The van der Waals surface area contributed by atoms with E-state index in [-0.39, 0.29) is 6.04 Å². The lowest BCUT2D eigenvalue weighted by Gasteiger charge is -2.24. The second-order valence-electron chi connectivity index (χ2n) is 4.92. The van der Waals surface area contributed by atoms with Crippen molar-refractivity contribution in [3.05, 3.63) is 21.9 Å². The van der Waals surface area contributed by atoms with E-state index in [0.29, 0.717) is 0 Å². The van der Waals surface area contributed by atoms with E-state index in [0.717, 1.165) is 24.8 Å². The molecule has 0 aromatic carbocycles. The van der Waals surface area contributed by atoms with Gasteiger partial charge in [-0.15, -0.1) is 11.3 Å². The molecule has 1 aliphatic carbocycles. The van der Waals surface area contributed by atoms with Crippen molar-refractivity contribution in [3.63, 3.8) is 0 Å². The Balaban J connectivity index is 1.96. The molecule has 1 aromatic heterocycles. The third kappa shape index (κ3) is 3.94. The van der Waals surface area contributed by atoms with Gasteiger partial charge in [0.25, 0.3) is 0 Å². The van der Waals surface area contributed by atoms with Crippen LogP contribution in [0.1, 0.15) is 35.7 Å². The van der Waals surface area contributed by atoms with Crippen LogP contribution in [0, 0.1) is 0 Å². The molecule has 0 spiro atoms. The normalized spacial score (nSPS) is 18.4. The van der Waals surface area contributed by atoms with Crippen LogP contribution in [0.5, 0.6) is 0 Å². The Hall–Kier alpha value is -2.09. The Morgan fingerprint density at radius 1 is 1.48 bits per heavy atom. The first-order chi connectivity index (χ1) is 9.97. The lowest BCUT2D eigenvalue weighted by atomic mass is 9.94. The van der Waals surface area contributed by atoms with E-state index in [4.69, 9.17) is 10.8 Å². The molecule has 1 heterocycles. The minimum absolute atomic E-state index is 0.122. The second-order valence-corrected chi connectivity index (χ2v) is 5.92. The number of nitrogens with two attached hydrogens (primary N) is 1. The molecule has 5 N–H and O–H groups in total. The molecule has 0 radical (unpaired) electrons. The van der Waals surface area contributed by atoms with Crippen LogP contribution in [0.15, 0.2) is 11.4 Å². The Labute approximate surface area is 125 Å². The smallest absolute Gasteiger partial charge is 0.326 e. The number of nitrogens with one attached hydrogen (secondary N) is 2. The van der Waals surface area contributed by atoms with Crippen LogP contribution in [0.25, 0.3) is 0 Å². The maximum absolute atomic E-state index is 11.9. The van der Waals surface area contributed by atoms with Crippen molar-refractivity contribution in [2.75, 3.05) is 0 Å². The summed E-state index contributed by atoms with van der Waals surface area (Å²) in [7, 11) is 0. The number of primary amides is 1. The lowest BCUT2D eigenvalue weighted by Crippen LogP contribution is -2.48. The quantitative estimate of drug-likeness (QED) is 0.641. The highest BCUT2D eigenvalue weighted by Gasteiger charge is 2.26. The summed E-state index contributed by atoms with van der Waals surface area (Å²) in [5.41, 5.74) is 6.05. The summed E-state index contributed by atoms with van der Waals surface area (Å²) in [5.74, 6) is -2.07. The van der Waals surface area contributed by atoms with E-state index in [2.05, 4.69) is 10.6 Å². The lowest BCUT2D eigenvalue weighted by molar-refractivity contribution is -0.140. The summed E-state index contributed by atoms with van der Waals surface area (Å²) in [5, 5.41) is 16.0. The first-order valence-corrected chi connectivity index (χ1v) is 7.49. The summed E-state index contributed by atoms with van der Waals surface area (Å²) < 4.78 is 0. The highest BCUT2D eigenvalue weighted by atomic mass is 32.1. The van der Waals surface area contributed by atoms with Crippen molar-refractivity contribution in [1.82, 2.24) is 10.6 Å². The third-order valence-corrected chi connectivity index (χ3v) is 4.36. The maximum atomic E-state index is 11.9. The van der Waals surface area contributed by atoms with Crippen LogP contribution in [0.2, 0.25) is 0 Å². The van der Waals surface area contributed by atoms with Crippen LogP contribution >= 0.6 is 11.3 Å². The number of carboxylic acids is 1. The fraction of sp³-hybridized carbons (Fsp3) is 0.462. The molecular weight excluding hydrogens is 294 g/mol. The number of urea groups is 1.